The van der Waals surface area contributed by atoms with Gasteiger partial charge in [0.15, 0.2) is 0 Å². The van der Waals surface area contributed by atoms with Crippen molar-refractivity contribution in [2.75, 3.05) is 13.7 Å². The van der Waals surface area contributed by atoms with Crippen LogP contribution in [0.3, 0.4) is 0 Å². The van der Waals surface area contributed by atoms with E-state index in [1.165, 1.54) is 32.1 Å². The molecule has 0 saturated heterocycles. The predicted octanol–water partition coefficient (Wildman–Crippen LogP) is 3.22. The van der Waals surface area contributed by atoms with E-state index in [1.807, 2.05) is 0 Å². The van der Waals surface area contributed by atoms with Gasteiger partial charge in [-0.2, -0.15) is 0 Å². The molecule has 1 saturated carbocycles. The van der Waals surface area contributed by atoms with E-state index in [9.17, 15) is 0 Å². The van der Waals surface area contributed by atoms with Gasteiger partial charge in [-0.3, -0.25) is 0 Å². The molecule has 1 rings (SSSR count). The molecule has 0 aromatic rings. The maximum atomic E-state index is 5.28. The molecule has 1 aliphatic rings. The van der Waals surface area contributed by atoms with Gasteiger partial charge in [0.05, 0.1) is 6.61 Å². The van der Waals surface area contributed by atoms with Crippen molar-refractivity contribution in [3.8, 4) is 0 Å². The quantitative estimate of drug-likeness (QED) is 0.752. The molecular weight excluding hydrogens is 198 g/mol. The van der Waals surface area contributed by atoms with Crippen LogP contribution in [0.5, 0.6) is 0 Å². The number of methoxy groups -OCH3 is 1. The van der Waals surface area contributed by atoms with Crippen LogP contribution in [0.4, 0.5) is 0 Å². The first kappa shape index (κ1) is 14.0. The SMILES string of the molecule is CCCC(COC)NC1CCC(C)C(C)C1. The lowest BCUT2D eigenvalue weighted by Crippen LogP contribution is -2.44. The molecule has 16 heavy (non-hydrogen) atoms. The summed E-state index contributed by atoms with van der Waals surface area (Å²) < 4.78 is 5.28. The van der Waals surface area contributed by atoms with Crippen molar-refractivity contribution in [1.29, 1.82) is 0 Å². The van der Waals surface area contributed by atoms with E-state index in [2.05, 4.69) is 26.1 Å². The molecule has 1 fully saturated rings. The second-order valence-corrected chi connectivity index (χ2v) is 5.57. The summed E-state index contributed by atoms with van der Waals surface area (Å²) in [6, 6.07) is 1.28. The Kier molecular flexibility index (Phi) is 6.37. The van der Waals surface area contributed by atoms with E-state index in [0.717, 1.165) is 24.5 Å². The van der Waals surface area contributed by atoms with E-state index in [1.54, 1.807) is 7.11 Å². The van der Waals surface area contributed by atoms with E-state index < -0.39 is 0 Å². The first-order valence-corrected chi connectivity index (χ1v) is 6.92. The lowest BCUT2D eigenvalue weighted by Gasteiger charge is -2.35. The molecule has 0 heterocycles. The lowest BCUT2D eigenvalue weighted by atomic mass is 9.79. The first-order chi connectivity index (χ1) is 7.67. The van der Waals surface area contributed by atoms with E-state index in [4.69, 9.17) is 4.74 Å². The Bertz CT molecular complexity index is 178. The van der Waals surface area contributed by atoms with Gasteiger partial charge < -0.3 is 10.1 Å². The van der Waals surface area contributed by atoms with Gasteiger partial charge in [0.25, 0.3) is 0 Å². The van der Waals surface area contributed by atoms with Crippen LogP contribution in [0.2, 0.25) is 0 Å². The summed E-state index contributed by atoms with van der Waals surface area (Å²) >= 11 is 0. The largest absolute Gasteiger partial charge is 0.383 e. The third-order valence-electron chi connectivity index (χ3n) is 4.07. The zero-order chi connectivity index (χ0) is 12.0. The minimum absolute atomic E-state index is 0.556. The molecule has 1 aliphatic carbocycles. The van der Waals surface area contributed by atoms with Crippen LogP contribution in [0.1, 0.15) is 52.9 Å². The highest BCUT2D eigenvalue weighted by Gasteiger charge is 2.25. The number of rotatable bonds is 6. The lowest BCUT2D eigenvalue weighted by molar-refractivity contribution is 0.139. The van der Waals surface area contributed by atoms with Crippen molar-refractivity contribution < 1.29 is 4.74 Å². The van der Waals surface area contributed by atoms with Crippen LogP contribution in [-0.4, -0.2) is 25.8 Å². The second-order valence-electron chi connectivity index (χ2n) is 5.57. The molecule has 0 bridgehead atoms. The summed E-state index contributed by atoms with van der Waals surface area (Å²) in [6.07, 6.45) is 6.53. The zero-order valence-corrected chi connectivity index (χ0v) is 11.5. The van der Waals surface area contributed by atoms with Crippen LogP contribution in [-0.2, 0) is 4.74 Å². The molecule has 1 N–H and O–H groups in total. The molecule has 0 aromatic carbocycles. The molecule has 4 atom stereocenters. The Balaban J connectivity index is 2.33. The van der Waals surface area contributed by atoms with Crippen LogP contribution in [0.15, 0.2) is 0 Å². The van der Waals surface area contributed by atoms with Gasteiger partial charge in [-0.05, 0) is 37.5 Å². The second kappa shape index (κ2) is 7.29. The van der Waals surface area contributed by atoms with Crippen molar-refractivity contribution in [2.24, 2.45) is 11.8 Å². The van der Waals surface area contributed by atoms with Crippen molar-refractivity contribution in [2.45, 2.75) is 65.0 Å². The molecule has 2 nitrogen and oxygen atoms in total. The smallest absolute Gasteiger partial charge is 0.0615 e. The summed E-state index contributed by atoms with van der Waals surface area (Å²) in [4.78, 5) is 0. The zero-order valence-electron chi connectivity index (χ0n) is 11.5. The van der Waals surface area contributed by atoms with Gasteiger partial charge in [0.2, 0.25) is 0 Å². The third kappa shape index (κ3) is 4.42. The highest BCUT2D eigenvalue weighted by Crippen LogP contribution is 2.29. The molecule has 0 aliphatic heterocycles. The van der Waals surface area contributed by atoms with Crippen LogP contribution in [0.25, 0.3) is 0 Å². The molecule has 4 unspecified atom stereocenters. The Morgan fingerprint density at radius 1 is 1.25 bits per heavy atom. The topological polar surface area (TPSA) is 21.3 Å². The molecule has 2 heteroatoms. The number of nitrogens with one attached hydrogen (secondary N) is 1. The minimum atomic E-state index is 0.556. The number of hydrogen-bond donors (Lipinski definition) is 1. The van der Waals surface area contributed by atoms with Crippen LogP contribution >= 0.6 is 0 Å². The van der Waals surface area contributed by atoms with Crippen molar-refractivity contribution in [3.63, 3.8) is 0 Å². The highest BCUT2D eigenvalue weighted by molar-refractivity contribution is 4.82. The van der Waals surface area contributed by atoms with Crippen molar-refractivity contribution in [3.05, 3.63) is 0 Å². The number of hydrogen-bond acceptors (Lipinski definition) is 2. The average molecular weight is 227 g/mol. The summed E-state index contributed by atoms with van der Waals surface area (Å²) in [6.45, 7) is 7.88. The summed E-state index contributed by atoms with van der Waals surface area (Å²) in [5.41, 5.74) is 0. The maximum Gasteiger partial charge on any atom is 0.0615 e. The fourth-order valence-electron chi connectivity index (χ4n) is 2.80. The van der Waals surface area contributed by atoms with Crippen molar-refractivity contribution in [1.82, 2.24) is 5.32 Å². The Morgan fingerprint density at radius 2 is 2.00 bits per heavy atom. The average Bonchev–Trinajstić information content (AvgIpc) is 2.24. The molecule has 0 radical (unpaired) electrons. The number of ether oxygens (including phenoxy) is 1. The van der Waals surface area contributed by atoms with Crippen LogP contribution in [0, 0.1) is 11.8 Å². The van der Waals surface area contributed by atoms with Gasteiger partial charge in [0, 0.05) is 19.2 Å². The summed E-state index contributed by atoms with van der Waals surface area (Å²) in [5.74, 6) is 1.78. The Hall–Kier alpha value is -0.0800. The van der Waals surface area contributed by atoms with Gasteiger partial charge in [-0.15, -0.1) is 0 Å². The Labute approximate surface area is 101 Å². The first-order valence-electron chi connectivity index (χ1n) is 6.92. The van der Waals surface area contributed by atoms with Gasteiger partial charge >= 0.3 is 0 Å². The van der Waals surface area contributed by atoms with Crippen LogP contribution < -0.4 is 5.32 Å². The van der Waals surface area contributed by atoms with Gasteiger partial charge in [-0.25, -0.2) is 0 Å². The summed E-state index contributed by atoms with van der Waals surface area (Å²) in [5, 5.41) is 3.78. The Morgan fingerprint density at radius 3 is 2.56 bits per heavy atom. The van der Waals surface area contributed by atoms with E-state index in [0.29, 0.717) is 6.04 Å². The molecule has 0 aromatic heterocycles. The standard InChI is InChI=1S/C14H29NO/c1-5-6-14(10-16-4)15-13-8-7-11(2)12(3)9-13/h11-15H,5-10H2,1-4H3. The normalized spacial score (nSPS) is 32.6. The predicted molar refractivity (Wildman–Crippen MR) is 69.7 cm³/mol. The maximum absolute atomic E-state index is 5.28. The molecular formula is C14H29NO. The monoisotopic (exact) mass is 227 g/mol. The van der Waals surface area contributed by atoms with Gasteiger partial charge in [0.1, 0.15) is 0 Å². The minimum Gasteiger partial charge on any atom is -0.383 e. The van der Waals surface area contributed by atoms with Gasteiger partial charge in [-0.1, -0.05) is 27.2 Å². The van der Waals surface area contributed by atoms with E-state index >= 15 is 0 Å². The molecule has 0 spiro atoms. The third-order valence-corrected chi connectivity index (χ3v) is 4.07. The molecule has 96 valence electrons. The van der Waals surface area contributed by atoms with E-state index in [-0.39, 0.29) is 0 Å². The highest BCUT2D eigenvalue weighted by atomic mass is 16.5. The fraction of sp³-hybridized carbons (Fsp3) is 1.00. The fourth-order valence-corrected chi connectivity index (χ4v) is 2.80. The summed E-state index contributed by atoms with van der Waals surface area (Å²) in [7, 11) is 1.80. The van der Waals surface area contributed by atoms with Crippen molar-refractivity contribution >= 4 is 0 Å². The molecule has 0 amide bonds.